The Morgan fingerprint density at radius 1 is 1.03 bits per heavy atom. The smallest absolute Gasteiger partial charge is 0.262 e. The molecule has 0 bridgehead atoms. The third-order valence-corrected chi connectivity index (χ3v) is 6.54. The van der Waals surface area contributed by atoms with Gasteiger partial charge in [-0.3, -0.25) is 19.0 Å². The maximum Gasteiger partial charge on any atom is 0.262 e. The van der Waals surface area contributed by atoms with Gasteiger partial charge in [-0.15, -0.1) is 11.3 Å². The molecule has 1 aliphatic rings. The first-order valence-electron chi connectivity index (χ1n) is 10.1. The lowest BCUT2D eigenvalue weighted by molar-refractivity contribution is -0.117. The fourth-order valence-electron chi connectivity index (χ4n) is 3.83. The molecule has 154 valence electrons. The maximum atomic E-state index is 13.0. The van der Waals surface area contributed by atoms with Crippen molar-refractivity contribution in [3.63, 3.8) is 0 Å². The number of benzene rings is 2. The van der Waals surface area contributed by atoms with E-state index in [0.717, 1.165) is 22.5 Å². The highest BCUT2D eigenvalue weighted by molar-refractivity contribution is 7.21. The summed E-state index contributed by atoms with van der Waals surface area (Å²) >= 11 is 1.46. The Morgan fingerprint density at radius 2 is 1.87 bits per heavy atom. The van der Waals surface area contributed by atoms with Crippen molar-refractivity contribution in [2.45, 2.75) is 19.4 Å². The van der Waals surface area contributed by atoms with Crippen LogP contribution in [0.3, 0.4) is 0 Å². The molecule has 7 heteroatoms. The molecular formula is C24H19N3O3S. The lowest BCUT2D eigenvalue weighted by atomic mass is 10.1. The van der Waals surface area contributed by atoms with E-state index < -0.39 is 0 Å². The van der Waals surface area contributed by atoms with Gasteiger partial charge < -0.3 is 4.90 Å². The normalized spacial score (nSPS) is 13.8. The third kappa shape index (κ3) is 3.68. The van der Waals surface area contributed by atoms with Gasteiger partial charge in [-0.25, -0.2) is 4.98 Å². The van der Waals surface area contributed by atoms with Gasteiger partial charge in [0.05, 0.1) is 18.3 Å². The van der Waals surface area contributed by atoms with Crippen LogP contribution in [0.2, 0.25) is 0 Å². The van der Waals surface area contributed by atoms with Crippen LogP contribution < -0.4 is 10.5 Å². The van der Waals surface area contributed by atoms with Gasteiger partial charge in [0.2, 0.25) is 5.91 Å². The van der Waals surface area contributed by atoms with Gasteiger partial charge >= 0.3 is 0 Å². The molecule has 3 heterocycles. The predicted octanol–water partition coefficient (Wildman–Crippen LogP) is 4.13. The number of nitrogens with zero attached hydrogens (tertiary/aromatic N) is 3. The lowest BCUT2D eigenvalue weighted by Gasteiger charge is -2.16. The van der Waals surface area contributed by atoms with Crippen molar-refractivity contribution in [1.82, 2.24) is 9.55 Å². The molecule has 1 amide bonds. The van der Waals surface area contributed by atoms with Crippen molar-refractivity contribution in [2.75, 3.05) is 11.4 Å². The van der Waals surface area contributed by atoms with Gasteiger partial charge in [0.15, 0.2) is 5.78 Å². The Bertz CT molecular complexity index is 1360. The standard InChI is InChI=1S/C24H19N3O3S/c28-20(17-8-4-9-18(12-17)27-11-5-10-22(27)29)14-26-15-25-23-19(24(26)30)13-21(31-23)16-6-2-1-3-7-16/h1-4,6-9,12-13,15H,5,10-11,14H2. The molecule has 0 spiro atoms. The Kier molecular flexibility index (Phi) is 4.95. The summed E-state index contributed by atoms with van der Waals surface area (Å²) in [5.74, 6) is -0.127. The van der Waals surface area contributed by atoms with E-state index in [2.05, 4.69) is 4.98 Å². The fraction of sp³-hybridized carbons (Fsp3) is 0.167. The summed E-state index contributed by atoms with van der Waals surface area (Å²) in [6, 6.07) is 18.7. The topological polar surface area (TPSA) is 72.3 Å². The molecule has 0 aliphatic carbocycles. The van der Waals surface area contributed by atoms with Gasteiger partial charge in [-0.2, -0.15) is 0 Å². The summed E-state index contributed by atoms with van der Waals surface area (Å²) in [5.41, 5.74) is 1.99. The highest BCUT2D eigenvalue weighted by Gasteiger charge is 2.22. The van der Waals surface area contributed by atoms with Gasteiger partial charge in [-0.05, 0) is 30.2 Å². The molecular weight excluding hydrogens is 410 g/mol. The van der Waals surface area contributed by atoms with Crippen LogP contribution in [-0.4, -0.2) is 27.8 Å². The van der Waals surface area contributed by atoms with Crippen LogP contribution in [0.25, 0.3) is 20.7 Å². The number of rotatable bonds is 5. The van der Waals surface area contributed by atoms with E-state index in [1.165, 1.54) is 22.2 Å². The van der Waals surface area contributed by atoms with Crippen LogP contribution in [0, 0.1) is 0 Å². The number of aromatic nitrogens is 2. The van der Waals surface area contributed by atoms with Crippen LogP contribution in [0.1, 0.15) is 23.2 Å². The summed E-state index contributed by atoms with van der Waals surface area (Å²) in [7, 11) is 0. The van der Waals surface area contributed by atoms with Gasteiger partial charge in [0, 0.05) is 29.1 Å². The molecule has 0 N–H and O–H groups in total. The Hall–Kier alpha value is -3.58. The van der Waals surface area contributed by atoms with E-state index in [9.17, 15) is 14.4 Å². The molecule has 5 rings (SSSR count). The fourth-order valence-corrected chi connectivity index (χ4v) is 4.83. The van der Waals surface area contributed by atoms with Gasteiger partial charge in [-0.1, -0.05) is 42.5 Å². The average Bonchev–Trinajstić information content (AvgIpc) is 3.43. The number of thiophene rings is 1. The largest absolute Gasteiger partial charge is 0.312 e. The van der Waals surface area contributed by atoms with Crippen molar-refractivity contribution in [2.24, 2.45) is 0 Å². The molecule has 0 unspecified atom stereocenters. The first-order chi connectivity index (χ1) is 15.1. The van der Waals surface area contributed by atoms with Crippen LogP contribution >= 0.6 is 11.3 Å². The zero-order chi connectivity index (χ0) is 21.4. The second-order valence-electron chi connectivity index (χ2n) is 7.50. The molecule has 0 atom stereocenters. The average molecular weight is 430 g/mol. The molecule has 4 aromatic rings. The van der Waals surface area contributed by atoms with E-state index in [4.69, 9.17) is 0 Å². The van der Waals surface area contributed by atoms with E-state index in [0.29, 0.717) is 28.7 Å². The number of fused-ring (bicyclic) bond motifs is 1. The number of ketones is 1. The number of carbonyl (C=O) groups excluding carboxylic acids is 2. The number of anilines is 1. The van der Waals surface area contributed by atoms with Gasteiger partial charge in [0.1, 0.15) is 4.83 Å². The van der Waals surface area contributed by atoms with E-state index in [1.807, 2.05) is 42.5 Å². The molecule has 1 aliphatic heterocycles. The van der Waals surface area contributed by atoms with Crippen molar-refractivity contribution >= 4 is 38.9 Å². The molecule has 31 heavy (non-hydrogen) atoms. The summed E-state index contributed by atoms with van der Waals surface area (Å²) in [6.45, 7) is 0.564. The lowest BCUT2D eigenvalue weighted by Crippen LogP contribution is -2.25. The van der Waals surface area contributed by atoms with Crippen LogP contribution in [0.15, 0.2) is 71.8 Å². The van der Waals surface area contributed by atoms with Crippen LogP contribution in [0.5, 0.6) is 0 Å². The summed E-state index contributed by atoms with van der Waals surface area (Å²) in [4.78, 5) is 45.6. The number of hydrogen-bond acceptors (Lipinski definition) is 5. The molecule has 1 saturated heterocycles. The second kappa shape index (κ2) is 7.92. The molecule has 1 fully saturated rings. The van der Waals surface area contributed by atoms with E-state index in [-0.39, 0.29) is 23.8 Å². The van der Waals surface area contributed by atoms with Crippen molar-refractivity contribution in [1.29, 1.82) is 0 Å². The molecule has 0 saturated carbocycles. The van der Waals surface area contributed by atoms with Crippen LogP contribution in [-0.2, 0) is 11.3 Å². The predicted molar refractivity (Wildman–Crippen MR) is 122 cm³/mol. The van der Waals surface area contributed by atoms with Crippen molar-refractivity contribution in [3.8, 4) is 10.4 Å². The SMILES string of the molecule is O=C(Cn1cnc2sc(-c3ccccc3)cc2c1=O)c1cccc(N2CCCC2=O)c1. The van der Waals surface area contributed by atoms with E-state index >= 15 is 0 Å². The zero-order valence-corrected chi connectivity index (χ0v) is 17.5. The van der Waals surface area contributed by atoms with Crippen molar-refractivity contribution < 1.29 is 9.59 Å². The first kappa shape index (κ1) is 19.4. The molecule has 6 nitrogen and oxygen atoms in total. The Labute approximate surface area is 182 Å². The Balaban J connectivity index is 1.43. The summed E-state index contributed by atoms with van der Waals surface area (Å²) in [6.07, 6.45) is 2.79. The third-order valence-electron chi connectivity index (χ3n) is 5.44. The maximum absolute atomic E-state index is 13.0. The van der Waals surface area contributed by atoms with Crippen molar-refractivity contribution in [3.05, 3.63) is 82.9 Å². The minimum absolute atomic E-state index is 0.0714. The molecule has 2 aromatic carbocycles. The quantitative estimate of drug-likeness (QED) is 0.447. The second-order valence-corrected chi connectivity index (χ2v) is 8.53. The zero-order valence-electron chi connectivity index (χ0n) is 16.7. The summed E-state index contributed by atoms with van der Waals surface area (Å²) < 4.78 is 1.35. The number of hydrogen-bond donors (Lipinski definition) is 0. The Morgan fingerprint density at radius 3 is 2.65 bits per heavy atom. The number of carbonyl (C=O) groups is 2. The van der Waals surface area contributed by atoms with Gasteiger partial charge in [0.25, 0.3) is 5.56 Å². The number of amides is 1. The monoisotopic (exact) mass is 429 g/mol. The van der Waals surface area contributed by atoms with Crippen LogP contribution in [0.4, 0.5) is 5.69 Å². The molecule has 2 aromatic heterocycles. The highest BCUT2D eigenvalue weighted by Crippen LogP contribution is 2.30. The summed E-state index contributed by atoms with van der Waals surface area (Å²) in [5, 5.41) is 0.510. The highest BCUT2D eigenvalue weighted by atomic mass is 32.1. The number of Topliss-reactive ketones (excluding diaryl/α,β-unsaturated/α-hetero) is 1. The minimum atomic E-state index is -0.234. The van der Waals surface area contributed by atoms with E-state index in [1.54, 1.807) is 23.1 Å². The first-order valence-corrected chi connectivity index (χ1v) is 10.9. The molecule has 0 radical (unpaired) electrons. The minimum Gasteiger partial charge on any atom is -0.312 e.